The van der Waals surface area contributed by atoms with Crippen molar-refractivity contribution in [2.75, 3.05) is 20.3 Å². The maximum Gasteiger partial charge on any atom is 0.170 e. The number of aryl methyl sites for hydroxylation is 1. The van der Waals surface area contributed by atoms with Crippen molar-refractivity contribution in [3.63, 3.8) is 0 Å². The van der Waals surface area contributed by atoms with E-state index in [1.54, 1.807) is 25.3 Å². The fourth-order valence-corrected chi connectivity index (χ4v) is 2.03. The van der Waals surface area contributed by atoms with Crippen molar-refractivity contribution < 1.29 is 19.4 Å². The second-order valence-corrected chi connectivity index (χ2v) is 4.59. The van der Waals surface area contributed by atoms with Crippen molar-refractivity contribution in [1.29, 1.82) is 0 Å². The molecule has 22 heavy (non-hydrogen) atoms. The first-order valence-electron chi connectivity index (χ1n) is 6.92. The summed E-state index contributed by atoms with van der Waals surface area (Å²) >= 11 is 0. The summed E-state index contributed by atoms with van der Waals surface area (Å²) in [4.78, 5) is 0. The van der Waals surface area contributed by atoms with Gasteiger partial charge in [0.15, 0.2) is 11.5 Å². The zero-order valence-electron chi connectivity index (χ0n) is 12.7. The van der Waals surface area contributed by atoms with Crippen LogP contribution in [0.5, 0.6) is 17.2 Å². The first kappa shape index (κ1) is 15.7. The SMILES string of the molecule is COc1cccc(C=NO)c1OCCOc1ccccc1C. The van der Waals surface area contributed by atoms with Crippen molar-refractivity contribution in [3.05, 3.63) is 53.6 Å². The van der Waals surface area contributed by atoms with Crippen LogP contribution in [0.3, 0.4) is 0 Å². The molecule has 116 valence electrons. The molecule has 0 aliphatic heterocycles. The van der Waals surface area contributed by atoms with Crippen LogP contribution < -0.4 is 14.2 Å². The van der Waals surface area contributed by atoms with Crippen LogP contribution in [0.4, 0.5) is 0 Å². The van der Waals surface area contributed by atoms with Crippen molar-refractivity contribution in [1.82, 2.24) is 0 Å². The van der Waals surface area contributed by atoms with Crippen LogP contribution in [-0.2, 0) is 0 Å². The number of para-hydroxylation sites is 2. The largest absolute Gasteiger partial charge is 0.493 e. The molecule has 1 N–H and O–H groups in total. The summed E-state index contributed by atoms with van der Waals surface area (Å²) in [6.07, 6.45) is 1.31. The predicted octanol–water partition coefficient (Wildman–Crippen LogP) is 3.27. The standard InChI is InChI=1S/C17H19NO4/c1-13-6-3-4-8-15(13)21-10-11-22-17-14(12-18-19)7-5-9-16(17)20-2/h3-9,12,19H,10-11H2,1-2H3. The van der Waals surface area contributed by atoms with Crippen molar-refractivity contribution in [2.45, 2.75) is 6.92 Å². The smallest absolute Gasteiger partial charge is 0.170 e. The second kappa shape index (κ2) is 7.93. The molecule has 0 spiro atoms. The maximum absolute atomic E-state index is 8.71. The van der Waals surface area contributed by atoms with Crippen molar-refractivity contribution in [3.8, 4) is 17.2 Å². The van der Waals surface area contributed by atoms with Crippen LogP contribution in [0.1, 0.15) is 11.1 Å². The Morgan fingerprint density at radius 3 is 2.45 bits per heavy atom. The van der Waals surface area contributed by atoms with Crippen LogP contribution in [0.2, 0.25) is 0 Å². The van der Waals surface area contributed by atoms with Crippen LogP contribution in [0.25, 0.3) is 0 Å². The Morgan fingerprint density at radius 1 is 1.00 bits per heavy atom. The lowest BCUT2D eigenvalue weighted by molar-refractivity contribution is 0.210. The van der Waals surface area contributed by atoms with E-state index in [0.29, 0.717) is 30.3 Å². The highest BCUT2D eigenvalue weighted by molar-refractivity contribution is 5.84. The quantitative estimate of drug-likeness (QED) is 0.369. The minimum Gasteiger partial charge on any atom is -0.493 e. The highest BCUT2D eigenvalue weighted by Gasteiger charge is 2.09. The molecule has 0 fully saturated rings. The van der Waals surface area contributed by atoms with Gasteiger partial charge in [-0.1, -0.05) is 29.4 Å². The summed E-state index contributed by atoms with van der Waals surface area (Å²) in [5.41, 5.74) is 1.71. The average molecular weight is 301 g/mol. The van der Waals surface area contributed by atoms with E-state index < -0.39 is 0 Å². The zero-order chi connectivity index (χ0) is 15.8. The summed E-state index contributed by atoms with van der Waals surface area (Å²) in [5.74, 6) is 1.94. The fraction of sp³-hybridized carbons (Fsp3) is 0.235. The molecule has 0 saturated carbocycles. The summed E-state index contributed by atoms with van der Waals surface area (Å²) in [5, 5.41) is 11.7. The van der Waals surface area contributed by atoms with Crippen molar-refractivity contribution in [2.24, 2.45) is 5.16 Å². The first-order valence-corrected chi connectivity index (χ1v) is 6.92. The summed E-state index contributed by atoms with van der Waals surface area (Å²) in [6, 6.07) is 13.2. The number of ether oxygens (including phenoxy) is 3. The summed E-state index contributed by atoms with van der Waals surface area (Å²) in [7, 11) is 1.56. The van der Waals surface area contributed by atoms with Gasteiger partial charge >= 0.3 is 0 Å². The van der Waals surface area contributed by atoms with E-state index in [4.69, 9.17) is 19.4 Å². The Hall–Kier alpha value is -2.69. The van der Waals surface area contributed by atoms with Gasteiger partial charge in [-0.2, -0.15) is 0 Å². The second-order valence-electron chi connectivity index (χ2n) is 4.59. The van der Waals surface area contributed by atoms with E-state index in [1.165, 1.54) is 6.21 Å². The Balaban J connectivity index is 1.98. The van der Waals surface area contributed by atoms with E-state index in [1.807, 2.05) is 31.2 Å². The number of benzene rings is 2. The average Bonchev–Trinajstić information content (AvgIpc) is 2.54. The molecule has 2 aromatic rings. The summed E-state index contributed by atoms with van der Waals surface area (Å²) < 4.78 is 16.7. The van der Waals surface area contributed by atoms with E-state index in [0.717, 1.165) is 11.3 Å². The Bertz CT molecular complexity index is 640. The van der Waals surface area contributed by atoms with Gasteiger partial charge in [0.25, 0.3) is 0 Å². The third-order valence-corrected chi connectivity index (χ3v) is 3.11. The minimum atomic E-state index is 0.348. The number of hydrogen-bond acceptors (Lipinski definition) is 5. The van der Waals surface area contributed by atoms with Gasteiger partial charge in [0.1, 0.15) is 19.0 Å². The Labute approximate surface area is 129 Å². The fourth-order valence-electron chi connectivity index (χ4n) is 2.03. The summed E-state index contributed by atoms with van der Waals surface area (Å²) in [6.45, 7) is 2.74. The maximum atomic E-state index is 8.71. The van der Waals surface area contributed by atoms with E-state index in [-0.39, 0.29) is 0 Å². The molecular formula is C17H19NO4. The highest BCUT2D eigenvalue weighted by Crippen LogP contribution is 2.30. The normalized spacial score (nSPS) is 10.6. The molecule has 0 saturated heterocycles. The van der Waals surface area contributed by atoms with Crippen LogP contribution in [-0.4, -0.2) is 31.7 Å². The van der Waals surface area contributed by atoms with E-state index in [2.05, 4.69) is 5.16 Å². The third kappa shape index (κ3) is 3.91. The van der Waals surface area contributed by atoms with Gasteiger partial charge in [0, 0.05) is 5.56 Å². The lowest BCUT2D eigenvalue weighted by Gasteiger charge is -2.14. The van der Waals surface area contributed by atoms with Crippen molar-refractivity contribution >= 4 is 6.21 Å². The first-order chi connectivity index (χ1) is 10.8. The Kier molecular flexibility index (Phi) is 5.65. The monoisotopic (exact) mass is 301 g/mol. The number of nitrogens with zero attached hydrogens (tertiary/aromatic N) is 1. The number of rotatable bonds is 7. The van der Waals surface area contributed by atoms with Gasteiger partial charge in [0.05, 0.1) is 13.3 Å². The van der Waals surface area contributed by atoms with Gasteiger partial charge in [-0.25, -0.2) is 0 Å². The molecular weight excluding hydrogens is 282 g/mol. The topological polar surface area (TPSA) is 60.3 Å². The van der Waals surface area contributed by atoms with Crippen LogP contribution in [0.15, 0.2) is 47.6 Å². The van der Waals surface area contributed by atoms with Crippen LogP contribution in [0, 0.1) is 6.92 Å². The lowest BCUT2D eigenvalue weighted by Crippen LogP contribution is -2.11. The molecule has 0 amide bonds. The van der Waals surface area contributed by atoms with Gasteiger partial charge < -0.3 is 19.4 Å². The predicted molar refractivity (Wildman–Crippen MR) is 84.5 cm³/mol. The molecule has 0 atom stereocenters. The number of hydrogen-bond donors (Lipinski definition) is 1. The van der Waals surface area contributed by atoms with Crippen LogP contribution >= 0.6 is 0 Å². The molecule has 2 aromatic carbocycles. The van der Waals surface area contributed by atoms with Gasteiger partial charge in [-0.05, 0) is 30.7 Å². The van der Waals surface area contributed by atoms with E-state index in [9.17, 15) is 0 Å². The van der Waals surface area contributed by atoms with E-state index >= 15 is 0 Å². The lowest BCUT2D eigenvalue weighted by atomic mass is 10.2. The minimum absolute atomic E-state index is 0.348. The Morgan fingerprint density at radius 2 is 1.73 bits per heavy atom. The van der Waals surface area contributed by atoms with Gasteiger partial charge in [0.2, 0.25) is 0 Å². The molecule has 0 radical (unpaired) electrons. The molecule has 0 aliphatic rings. The third-order valence-electron chi connectivity index (χ3n) is 3.11. The zero-order valence-corrected chi connectivity index (χ0v) is 12.7. The molecule has 0 bridgehead atoms. The van der Waals surface area contributed by atoms with Gasteiger partial charge in [-0.3, -0.25) is 0 Å². The molecule has 5 nitrogen and oxygen atoms in total. The molecule has 0 aliphatic carbocycles. The number of oxime groups is 1. The molecule has 5 heteroatoms. The number of methoxy groups -OCH3 is 1. The van der Waals surface area contributed by atoms with Gasteiger partial charge in [-0.15, -0.1) is 0 Å². The molecule has 0 heterocycles. The highest BCUT2D eigenvalue weighted by atomic mass is 16.5. The molecule has 0 unspecified atom stereocenters. The molecule has 0 aromatic heterocycles. The molecule has 2 rings (SSSR count).